The van der Waals surface area contributed by atoms with Gasteiger partial charge in [-0.3, -0.25) is 24.6 Å². The van der Waals surface area contributed by atoms with Crippen molar-refractivity contribution in [2.45, 2.75) is 13.0 Å². The topological polar surface area (TPSA) is 107 Å². The second-order valence-corrected chi connectivity index (χ2v) is 6.11. The van der Waals surface area contributed by atoms with Gasteiger partial charge in [0.25, 0.3) is 16.8 Å². The molecule has 0 saturated carbocycles. The van der Waals surface area contributed by atoms with E-state index in [1.165, 1.54) is 31.2 Å². The first-order valence-corrected chi connectivity index (χ1v) is 7.74. The average Bonchev–Trinajstić information content (AvgIpc) is 2.81. The van der Waals surface area contributed by atoms with Crippen LogP contribution in [0.3, 0.4) is 0 Å². The number of imide groups is 1. The van der Waals surface area contributed by atoms with Crippen LogP contribution in [0.25, 0.3) is 6.08 Å². The number of carbonyl (C=O) groups is 3. The number of ether oxygens (including phenoxy) is 1. The van der Waals surface area contributed by atoms with E-state index in [1.807, 2.05) is 0 Å². The largest absolute Gasteiger partial charge is 0.467 e. The van der Waals surface area contributed by atoms with Crippen LogP contribution in [0.1, 0.15) is 12.5 Å². The minimum absolute atomic E-state index is 0.0122. The summed E-state index contributed by atoms with van der Waals surface area (Å²) in [7, 11) is 1.15. The molecule has 0 N–H and O–H groups in total. The predicted octanol–water partition coefficient (Wildman–Crippen LogP) is 2.85. The number of esters is 1. The molecule has 1 fully saturated rings. The molecule has 10 heteroatoms. The van der Waals surface area contributed by atoms with E-state index in [0.29, 0.717) is 11.8 Å². The van der Waals surface area contributed by atoms with Crippen LogP contribution in [0.15, 0.2) is 23.1 Å². The third-order valence-electron chi connectivity index (χ3n) is 3.23. The van der Waals surface area contributed by atoms with Crippen molar-refractivity contribution in [3.05, 3.63) is 43.8 Å². The van der Waals surface area contributed by atoms with E-state index in [9.17, 15) is 24.5 Å². The fraction of sp³-hybridized carbons (Fsp3) is 0.214. The molecular formula is C14H11ClN2O6S. The summed E-state index contributed by atoms with van der Waals surface area (Å²) in [5.41, 5.74) is 0.0231. The van der Waals surface area contributed by atoms with E-state index < -0.39 is 28.1 Å². The molecule has 8 nitrogen and oxygen atoms in total. The summed E-state index contributed by atoms with van der Waals surface area (Å²) in [5.74, 6) is -1.42. The smallest absolute Gasteiger partial charge is 0.328 e. The lowest BCUT2D eigenvalue weighted by molar-refractivity contribution is -0.384. The summed E-state index contributed by atoms with van der Waals surface area (Å²) in [5, 5.41) is 10.4. The lowest BCUT2D eigenvalue weighted by Gasteiger charge is -2.18. The zero-order valence-corrected chi connectivity index (χ0v) is 14.1. The molecule has 1 atom stereocenters. The van der Waals surface area contributed by atoms with Crippen LogP contribution in [0.2, 0.25) is 5.02 Å². The number of benzene rings is 1. The van der Waals surface area contributed by atoms with Crippen molar-refractivity contribution in [3.63, 3.8) is 0 Å². The Kier molecular flexibility index (Phi) is 5.25. The van der Waals surface area contributed by atoms with Gasteiger partial charge in [0.1, 0.15) is 6.04 Å². The maximum atomic E-state index is 12.3. The first-order chi connectivity index (χ1) is 11.3. The Morgan fingerprint density at radius 3 is 2.71 bits per heavy atom. The Bertz CT molecular complexity index is 779. The van der Waals surface area contributed by atoms with E-state index in [1.54, 1.807) is 0 Å². The fourth-order valence-electron chi connectivity index (χ4n) is 1.99. The van der Waals surface area contributed by atoms with Crippen LogP contribution >= 0.6 is 23.4 Å². The number of methoxy groups -OCH3 is 1. The molecule has 0 spiro atoms. The van der Waals surface area contributed by atoms with Gasteiger partial charge in [-0.25, -0.2) is 4.79 Å². The second-order valence-electron chi connectivity index (χ2n) is 4.71. The van der Waals surface area contributed by atoms with Crippen molar-refractivity contribution >= 4 is 52.2 Å². The lowest BCUT2D eigenvalue weighted by atomic mass is 10.1. The molecule has 0 bridgehead atoms. The number of hydrogen-bond acceptors (Lipinski definition) is 7. The highest BCUT2D eigenvalue weighted by atomic mass is 35.5. The van der Waals surface area contributed by atoms with Gasteiger partial charge in [-0.05, 0) is 30.8 Å². The van der Waals surface area contributed by atoms with Crippen LogP contribution in [0, 0.1) is 10.1 Å². The number of hydrogen-bond donors (Lipinski definition) is 0. The Balaban J connectivity index is 2.37. The third kappa shape index (κ3) is 3.41. The molecular weight excluding hydrogens is 360 g/mol. The van der Waals surface area contributed by atoms with E-state index in [0.717, 1.165) is 12.0 Å². The third-order valence-corrected chi connectivity index (χ3v) is 4.46. The summed E-state index contributed by atoms with van der Waals surface area (Å²) in [4.78, 5) is 46.9. The second kappa shape index (κ2) is 7.02. The number of nitro benzene ring substituents is 1. The SMILES string of the molecule is COC(=O)C(C)N1C(=O)S/C(=C/c2cc([N+](=O)[O-])ccc2Cl)C1=O. The highest BCUT2D eigenvalue weighted by Gasteiger charge is 2.41. The standard InChI is InChI=1S/C14H11ClN2O6S/c1-7(13(19)23-2)16-12(18)11(24-14(16)20)6-8-5-9(17(21)22)3-4-10(8)15/h3-7H,1-2H3/b11-6+. The minimum atomic E-state index is -1.08. The quantitative estimate of drug-likeness (QED) is 0.347. The molecule has 1 aliphatic heterocycles. The molecule has 1 heterocycles. The molecule has 24 heavy (non-hydrogen) atoms. The van der Waals surface area contributed by atoms with Crippen molar-refractivity contribution in [2.75, 3.05) is 7.11 Å². The first-order valence-electron chi connectivity index (χ1n) is 6.55. The Hall–Kier alpha value is -2.39. The van der Waals surface area contributed by atoms with E-state index >= 15 is 0 Å². The van der Waals surface area contributed by atoms with Crippen LogP contribution in [0.4, 0.5) is 10.5 Å². The van der Waals surface area contributed by atoms with Gasteiger partial charge in [0.05, 0.1) is 16.9 Å². The molecule has 0 radical (unpaired) electrons. The van der Waals surface area contributed by atoms with E-state index in [4.69, 9.17) is 11.6 Å². The zero-order chi connectivity index (χ0) is 18.0. The maximum Gasteiger partial charge on any atom is 0.328 e. The van der Waals surface area contributed by atoms with Gasteiger partial charge >= 0.3 is 5.97 Å². The summed E-state index contributed by atoms with van der Waals surface area (Å²) >= 11 is 6.59. The predicted molar refractivity (Wildman–Crippen MR) is 87.4 cm³/mol. The highest BCUT2D eigenvalue weighted by molar-refractivity contribution is 8.18. The van der Waals surface area contributed by atoms with Crippen molar-refractivity contribution in [2.24, 2.45) is 0 Å². The van der Waals surface area contributed by atoms with E-state index in [-0.39, 0.29) is 21.2 Å². The van der Waals surface area contributed by atoms with E-state index in [2.05, 4.69) is 4.74 Å². The summed E-state index contributed by atoms with van der Waals surface area (Å²) in [6, 6.07) is 2.67. The monoisotopic (exact) mass is 370 g/mol. The van der Waals surface area contributed by atoms with Crippen LogP contribution in [0.5, 0.6) is 0 Å². The zero-order valence-electron chi connectivity index (χ0n) is 12.5. The van der Waals surface area contributed by atoms with Gasteiger partial charge in [-0.15, -0.1) is 0 Å². The van der Waals surface area contributed by atoms with Gasteiger partial charge in [-0.1, -0.05) is 11.6 Å². The van der Waals surface area contributed by atoms with Gasteiger partial charge in [0.15, 0.2) is 0 Å². The van der Waals surface area contributed by atoms with Crippen molar-refractivity contribution in [3.8, 4) is 0 Å². The van der Waals surface area contributed by atoms with Crippen LogP contribution < -0.4 is 0 Å². The molecule has 0 aliphatic carbocycles. The number of halogens is 1. The van der Waals surface area contributed by atoms with Crippen molar-refractivity contribution in [1.29, 1.82) is 0 Å². The molecule has 0 aromatic heterocycles. The van der Waals surface area contributed by atoms with Gasteiger partial charge in [0, 0.05) is 22.7 Å². The molecule has 1 unspecified atom stereocenters. The minimum Gasteiger partial charge on any atom is -0.467 e. The molecule has 126 valence electrons. The molecule has 1 saturated heterocycles. The number of nitro groups is 1. The highest BCUT2D eigenvalue weighted by Crippen LogP contribution is 2.35. The number of rotatable bonds is 4. The van der Waals surface area contributed by atoms with Gasteiger partial charge in [0.2, 0.25) is 0 Å². The average molecular weight is 371 g/mol. The molecule has 1 aliphatic rings. The molecule has 1 aromatic carbocycles. The van der Waals surface area contributed by atoms with Gasteiger partial charge in [-0.2, -0.15) is 0 Å². The summed E-state index contributed by atoms with van der Waals surface area (Å²) < 4.78 is 4.53. The fourth-order valence-corrected chi connectivity index (χ4v) is 3.06. The Morgan fingerprint density at radius 1 is 1.46 bits per heavy atom. The number of amides is 2. The normalized spacial score (nSPS) is 17.3. The molecule has 2 amide bonds. The van der Waals surface area contributed by atoms with Crippen molar-refractivity contribution in [1.82, 2.24) is 4.90 Å². The van der Waals surface area contributed by atoms with Crippen molar-refractivity contribution < 1.29 is 24.0 Å². The van der Waals surface area contributed by atoms with Crippen LogP contribution in [-0.4, -0.2) is 40.1 Å². The number of non-ortho nitro benzene ring substituents is 1. The number of nitrogens with zero attached hydrogens (tertiary/aromatic N) is 2. The molecule has 2 rings (SSSR count). The summed E-state index contributed by atoms with van der Waals surface area (Å²) in [6.07, 6.45) is 1.28. The lowest BCUT2D eigenvalue weighted by Crippen LogP contribution is -2.42. The Labute approximate surface area is 145 Å². The molecule has 1 aromatic rings. The van der Waals surface area contributed by atoms with Crippen LogP contribution in [-0.2, 0) is 14.3 Å². The number of thioether (sulfide) groups is 1. The van der Waals surface area contributed by atoms with Gasteiger partial charge < -0.3 is 4.74 Å². The Morgan fingerprint density at radius 2 is 2.12 bits per heavy atom. The summed E-state index contributed by atoms with van der Waals surface area (Å²) in [6.45, 7) is 1.37. The number of carbonyl (C=O) groups excluding carboxylic acids is 3. The maximum absolute atomic E-state index is 12.3. The first kappa shape index (κ1) is 18.0.